The molecule has 1 atom stereocenters. The molecule has 0 aliphatic carbocycles. The molecule has 2 aromatic heterocycles. The van der Waals surface area contributed by atoms with Crippen LogP contribution in [0.5, 0.6) is 0 Å². The molecule has 0 N–H and O–H groups in total. The summed E-state index contributed by atoms with van der Waals surface area (Å²) in [6.45, 7) is 0. The van der Waals surface area contributed by atoms with Crippen LogP contribution in [-0.2, 0) is 9.73 Å². The zero-order valence-electron chi connectivity index (χ0n) is 14.6. The van der Waals surface area contributed by atoms with Gasteiger partial charge in [-0.25, -0.2) is 14.2 Å². The highest BCUT2D eigenvalue weighted by molar-refractivity contribution is 7.93. The number of nitrogens with zero attached hydrogens (tertiary/aromatic N) is 3. The summed E-state index contributed by atoms with van der Waals surface area (Å²) < 4.78 is 17.5. The number of pyridine rings is 1. The van der Waals surface area contributed by atoms with E-state index in [1.54, 1.807) is 23.8 Å². The number of hydrogen-bond donors (Lipinski definition) is 0. The SMILES string of the molecule is CS(=O)(=Nc1cc(-c2scnc2-c2ccccc2)ccn1)c1ccccc1. The molecule has 0 saturated heterocycles. The molecule has 0 amide bonds. The third kappa shape index (κ3) is 3.82. The Bertz CT molecular complexity index is 1180. The Balaban J connectivity index is 1.76. The van der Waals surface area contributed by atoms with Crippen LogP contribution in [0, 0.1) is 0 Å². The molecule has 27 heavy (non-hydrogen) atoms. The Labute approximate surface area is 162 Å². The first kappa shape index (κ1) is 17.6. The Kier molecular flexibility index (Phi) is 4.83. The molecule has 2 heterocycles. The monoisotopic (exact) mass is 391 g/mol. The maximum Gasteiger partial charge on any atom is 0.162 e. The average molecular weight is 392 g/mol. The fraction of sp³-hybridized carbons (Fsp3) is 0.0476. The summed E-state index contributed by atoms with van der Waals surface area (Å²) >= 11 is 1.57. The van der Waals surface area contributed by atoms with E-state index in [1.807, 2.05) is 78.3 Å². The van der Waals surface area contributed by atoms with Crippen LogP contribution in [0.2, 0.25) is 0 Å². The lowest BCUT2D eigenvalue weighted by molar-refractivity contribution is 0.680. The third-order valence-corrected chi connectivity index (χ3v) is 6.63. The second kappa shape index (κ2) is 7.42. The highest BCUT2D eigenvalue weighted by Gasteiger charge is 2.12. The standard InChI is InChI=1S/C21H17N3OS2/c1-27(25,18-10-6-3-7-11-18)24-19-14-17(12-13-22-19)21-20(23-15-26-21)16-8-4-2-5-9-16/h2-15H,1H3. The van der Waals surface area contributed by atoms with E-state index in [0.717, 1.165) is 21.7 Å². The van der Waals surface area contributed by atoms with E-state index < -0.39 is 9.73 Å². The lowest BCUT2D eigenvalue weighted by Gasteiger charge is -2.06. The molecule has 4 rings (SSSR count). The number of aromatic nitrogens is 2. The third-order valence-electron chi connectivity index (χ3n) is 4.07. The molecular weight excluding hydrogens is 374 g/mol. The van der Waals surface area contributed by atoms with Gasteiger partial charge < -0.3 is 0 Å². The first-order chi connectivity index (χ1) is 13.1. The number of benzene rings is 2. The van der Waals surface area contributed by atoms with Crippen molar-refractivity contribution < 1.29 is 4.21 Å². The minimum atomic E-state index is -2.56. The van der Waals surface area contributed by atoms with Crippen LogP contribution in [-0.4, -0.2) is 20.4 Å². The molecule has 0 aliphatic heterocycles. The van der Waals surface area contributed by atoms with Crippen molar-refractivity contribution in [1.29, 1.82) is 0 Å². The van der Waals surface area contributed by atoms with Gasteiger partial charge in [-0.3, -0.25) is 0 Å². The predicted molar refractivity (Wildman–Crippen MR) is 112 cm³/mol. The van der Waals surface area contributed by atoms with Crippen LogP contribution in [0.4, 0.5) is 5.82 Å². The smallest absolute Gasteiger partial charge is 0.162 e. The van der Waals surface area contributed by atoms with Crippen LogP contribution in [0.15, 0.2) is 93.8 Å². The summed E-state index contributed by atoms with van der Waals surface area (Å²) in [5.41, 5.74) is 4.79. The molecule has 4 aromatic rings. The van der Waals surface area contributed by atoms with Crippen molar-refractivity contribution in [3.63, 3.8) is 0 Å². The highest BCUT2D eigenvalue weighted by Crippen LogP contribution is 2.35. The lowest BCUT2D eigenvalue weighted by Crippen LogP contribution is -1.96. The highest BCUT2D eigenvalue weighted by atomic mass is 32.2. The van der Waals surface area contributed by atoms with Crippen LogP contribution in [0.1, 0.15) is 0 Å². The van der Waals surface area contributed by atoms with Crippen LogP contribution >= 0.6 is 11.3 Å². The topological polar surface area (TPSA) is 55.2 Å². The van der Waals surface area contributed by atoms with E-state index in [4.69, 9.17) is 0 Å². The van der Waals surface area contributed by atoms with Crippen molar-refractivity contribution in [2.45, 2.75) is 4.90 Å². The molecule has 1 unspecified atom stereocenters. The van der Waals surface area contributed by atoms with Gasteiger partial charge in [0.05, 0.1) is 25.8 Å². The minimum Gasteiger partial charge on any atom is -0.245 e. The summed E-state index contributed by atoms with van der Waals surface area (Å²) in [5.74, 6) is 0.455. The van der Waals surface area contributed by atoms with Crippen LogP contribution in [0.25, 0.3) is 21.7 Å². The van der Waals surface area contributed by atoms with Crippen molar-refractivity contribution in [2.24, 2.45) is 4.36 Å². The van der Waals surface area contributed by atoms with Gasteiger partial charge in [-0.05, 0) is 29.8 Å². The van der Waals surface area contributed by atoms with Gasteiger partial charge in [0.2, 0.25) is 0 Å². The maximum absolute atomic E-state index is 13.0. The van der Waals surface area contributed by atoms with E-state index in [0.29, 0.717) is 10.7 Å². The largest absolute Gasteiger partial charge is 0.245 e. The average Bonchev–Trinajstić information content (AvgIpc) is 3.19. The summed E-state index contributed by atoms with van der Waals surface area (Å²) in [6, 6.07) is 23.1. The van der Waals surface area contributed by atoms with Gasteiger partial charge in [0.25, 0.3) is 0 Å². The normalized spacial score (nSPS) is 13.1. The van der Waals surface area contributed by atoms with Gasteiger partial charge >= 0.3 is 0 Å². The fourth-order valence-electron chi connectivity index (χ4n) is 2.77. The molecule has 0 saturated carbocycles. The van der Waals surface area contributed by atoms with Crippen molar-refractivity contribution in [1.82, 2.24) is 9.97 Å². The molecule has 0 aliphatic rings. The second-order valence-corrected chi connectivity index (χ2v) is 9.12. The molecule has 134 valence electrons. The van der Waals surface area contributed by atoms with Gasteiger partial charge in [-0.1, -0.05) is 48.5 Å². The summed E-state index contributed by atoms with van der Waals surface area (Å²) in [6.07, 6.45) is 3.34. The molecule has 0 spiro atoms. The van der Waals surface area contributed by atoms with E-state index >= 15 is 0 Å². The van der Waals surface area contributed by atoms with Gasteiger partial charge in [0.15, 0.2) is 5.82 Å². The first-order valence-corrected chi connectivity index (χ1v) is 11.2. The number of rotatable bonds is 4. The summed E-state index contributed by atoms with van der Waals surface area (Å²) in [4.78, 5) is 10.6. The molecule has 6 heteroatoms. The molecule has 4 nitrogen and oxygen atoms in total. The number of hydrogen-bond acceptors (Lipinski definition) is 5. The minimum absolute atomic E-state index is 0.455. The predicted octanol–water partition coefficient (Wildman–Crippen LogP) is 5.66. The molecule has 0 bridgehead atoms. The van der Waals surface area contributed by atoms with Gasteiger partial charge in [0, 0.05) is 22.9 Å². The van der Waals surface area contributed by atoms with Crippen molar-refractivity contribution >= 4 is 26.9 Å². The molecule has 0 fully saturated rings. The summed E-state index contributed by atoms with van der Waals surface area (Å²) in [7, 11) is -2.56. The zero-order chi connectivity index (χ0) is 18.7. The fourth-order valence-corrected chi connectivity index (χ4v) is 4.80. The Morgan fingerprint density at radius 1 is 0.889 bits per heavy atom. The quantitative estimate of drug-likeness (QED) is 0.451. The molecular formula is C21H17N3OS2. The van der Waals surface area contributed by atoms with Crippen molar-refractivity contribution in [3.05, 3.63) is 84.5 Å². The Morgan fingerprint density at radius 3 is 2.33 bits per heavy atom. The van der Waals surface area contributed by atoms with Gasteiger partial charge in [-0.15, -0.1) is 11.3 Å². The zero-order valence-corrected chi connectivity index (χ0v) is 16.3. The Morgan fingerprint density at radius 2 is 1.59 bits per heavy atom. The summed E-state index contributed by atoms with van der Waals surface area (Å²) in [5, 5.41) is 0. The van der Waals surface area contributed by atoms with E-state index in [-0.39, 0.29) is 0 Å². The maximum atomic E-state index is 13.0. The van der Waals surface area contributed by atoms with Crippen molar-refractivity contribution in [2.75, 3.05) is 6.26 Å². The first-order valence-electron chi connectivity index (χ1n) is 8.36. The molecule has 0 radical (unpaired) electrons. The molecule has 2 aromatic carbocycles. The number of thiazole rings is 1. The van der Waals surface area contributed by atoms with E-state index in [2.05, 4.69) is 14.3 Å². The van der Waals surface area contributed by atoms with Crippen LogP contribution < -0.4 is 0 Å². The van der Waals surface area contributed by atoms with E-state index in [9.17, 15) is 4.21 Å². The van der Waals surface area contributed by atoms with Gasteiger partial charge in [-0.2, -0.15) is 4.36 Å². The van der Waals surface area contributed by atoms with Crippen molar-refractivity contribution in [3.8, 4) is 21.7 Å². The Hall–Kier alpha value is -2.83. The van der Waals surface area contributed by atoms with Gasteiger partial charge in [0.1, 0.15) is 0 Å². The lowest BCUT2D eigenvalue weighted by atomic mass is 10.1. The second-order valence-electron chi connectivity index (χ2n) is 6.01. The van der Waals surface area contributed by atoms with Crippen LogP contribution in [0.3, 0.4) is 0 Å². The van der Waals surface area contributed by atoms with E-state index in [1.165, 1.54) is 0 Å².